The van der Waals surface area contributed by atoms with E-state index in [2.05, 4.69) is 25.7 Å². The second-order valence-electron chi connectivity index (χ2n) is 14.9. The van der Waals surface area contributed by atoms with Crippen molar-refractivity contribution >= 4 is 34.4 Å². The van der Waals surface area contributed by atoms with E-state index in [0.717, 1.165) is 6.07 Å². The molecular formula is C39H44F4N8O5. The summed E-state index contributed by atoms with van der Waals surface area (Å²) in [6, 6.07) is 6.15. The molecule has 4 aromatic rings. The first-order valence-electron chi connectivity index (χ1n) is 18.7. The van der Waals surface area contributed by atoms with Gasteiger partial charge in [0.2, 0.25) is 11.8 Å². The van der Waals surface area contributed by atoms with Crippen molar-refractivity contribution in [2.75, 3.05) is 45.7 Å². The number of aromatic amines is 1. The molecule has 2 aromatic heterocycles. The number of hydrogen-bond donors (Lipinski definition) is 3. The minimum Gasteiger partial charge on any atom is -0.496 e. The standard InChI is InChI=1S/C39H44F4N8O5/c1-48-20-28(27-19-44-47-35(27)37(48)54)23-16-31(40)29(33(17-23)56-3)21-50-12-10-25(11-13-50)49(2)38(55)51-14-8-22(9-15-51)26-5-4-24(18-30(26)39(41,42)43)45-32-6-7-34(52)46-36(32)53/h4-5,16-20,22,25,32,45H,6-15,21H2,1-3H3,(H,44,47)(H,46,52,53). The fraction of sp³-hybridized carbons (Fsp3) is 0.462. The Labute approximate surface area is 320 Å². The zero-order valence-electron chi connectivity index (χ0n) is 31.3. The third-order valence-corrected chi connectivity index (χ3v) is 11.4. The lowest BCUT2D eigenvalue weighted by Crippen LogP contribution is -2.51. The number of H-pyrrole nitrogens is 1. The molecule has 1 unspecified atom stereocenters. The molecule has 3 saturated heterocycles. The van der Waals surface area contributed by atoms with Crippen LogP contribution in [0.3, 0.4) is 0 Å². The number of aromatic nitrogens is 3. The molecule has 0 bridgehead atoms. The quantitative estimate of drug-likeness (QED) is 0.164. The predicted molar refractivity (Wildman–Crippen MR) is 200 cm³/mol. The topological polar surface area (TPSA) is 145 Å². The second-order valence-corrected chi connectivity index (χ2v) is 14.9. The van der Waals surface area contributed by atoms with E-state index in [1.165, 1.54) is 29.9 Å². The molecule has 5 heterocycles. The summed E-state index contributed by atoms with van der Waals surface area (Å²) < 4.78 is 65.7. The van der Waals surface area contributed by atoms with Gasteiger partial charge in [0.15, 0.2) is 0 Å². The van der Waals surface area contributed by atoms with E-state index in [9.17, 15) is 32.3 Å². The third kappa shape index (κ3) is 7.81. The number of methoxy groups -OCH3 is 1. The van der Waals surface area contributed by atoms with Crippen molar-refractivity contribution in [3.63, 3.8) is 0 Å². The molecule has 3 fully saturated rings. The van der Waals surface area contributed by atoms with Crippen molar-refractivity contribution < 1.29 is 36.7 Å². The van der Waals surface area contributed by atoms with E-state index in [-0.39, 0.29) is 41.7 Å². The molecule has 2 aromatic carbocycles. The van der Waals surface area contributed by atoms with Gasteiger partial charge in [0.1, 0.15) is 23.1 Å². The molecule has 0 spiro atoms. The Morgan fingerprint density at radius 3 is 2.45 bits per heavy atom. The number of imide groups is 1. The van der Waals surface area contributed by atoms with E-state index in [1.54, 1.807) is 42.4 Å². The van der Waals surface area contributed by atoms with Gasteiger partial charge in [-0.2, -0.15) is 18.3 Å². The minimum atomic E-state index is -4.63. The number of carbonyl (C=O) groups is 3. The minimum absolute atomic E-state index is 0.0612. The number of benzene rings is 2. The maximum atomic E-state index is 15.8. The van der Waals surface area contributed by atoms with Crippen molar-refractivity contribution in [3.05, 3.63) is 75.6 Å². The van der Waals surface area contributed by atoms with Crippen molar-refractivity contribution in [3.8, 4) is 16.9 Å². The van der Waals surface area contributed by atoms with Gasteiger partial charge in [-0.05, 0) is 73.4 Å². The lowest BCUT2D eigenvalue weighted by atomic mass is 9.86. The summed E-state index contributed by atoms with van der Waals surface area (Å²) in [7, 11) is 4.86. The number of aryl methyl sites for hydroxylation is 1. The molecule has 7 rings (SSSR count). The highest BCUT2D eigenvalue weighted by Crippen LogP contribution is 2.41. The van der Waals surface area contributed by atoms with Gasteiger partial charge in [0.25, 0.3) is 5.56 Å². The van der Waals surface area contributed by atoms with Crippen LogP contribution in [0.15, 0.2) is 47.5 Å². The summed E-state index contributed by atoms with van der Waals surface area (Å²) in [4.78, 5) is 55.3. The molecule has 0 saturated carbocycles. The van der Waals surface area contributed by atoms with Crippen molar-refractivity contribution in [1.82, 2.24) is 34.8 Å². The molecule has 1 atom stereocenters. The van der Waals surface area contributed by atoms with Gasteiger partial charge in [-0.3, -0.25) is 29.7 Å². The van der Waals surface area contributed by atoms with Gasteiger partial charge in [-0.25, -0.2) is 9.18 Å². The smallest absolute Gasteiger partial charge is 0.416 e. The Kier molecular flexibility index (Phi) is 10.8. The lowest BCUT2D eigenvalue weighted by Gasteiger charge is -2.41. The van der Waals surface area contributed by atoms with E-state index in [0.29, 0.717) is 91.7 Å². The van der Waals surface area contributed by atoms with Gasteiger partial charge in [0, 0.05) is 87.7 Å². The first-order chi connectivity index (χ1) is 26.7. The van der Waals surface area contributed by atoms with E-state index < -0.39 is 41.3 Å². The number of nitrogens with zero attached hydrogens (tertiary/aromatic N) is 5. The largest absolute Gasteiger partial charge is 0.496 e. The van der Waals surface area contributed by atoms with Gasteiger partial charge >= 0.3 is 12.2 Å². The highest BCUT2D eigenvalue weighted by atomic mass is 19.4. The number of likely N-dealkylation sites (tertiary alicyclic amines) is 2. The molecule has 13 nitrogen and oxygen atoms in total. The summed E-state index contributed by atoms with van der Waals surface area (Å²) in [5.41, 5.74) is 1.20. The van der Waals surface area contributed by atoms with Crippen LogP contribution in [-0.2, 0) is 29.4 Å². The third-order valence-electron chi connectivity index (χ3n) is 11.4. The Balaban J connectivity index is 0.943. The van der Waals surface area contributed by atoms with Crippen molar-refractivity contribution in [2.45, 2.75) is 69.2 Å². The number of hydrogen-bond acceptors (Lipinski definition) is 8. The Bertz CT molecular complexity index is 2210. The molecule has 0 radical (unpaired) electrons. The van der Waals surface area contributed by atoms with Crippen LogP contribution in [0.2, 0.25) is 0 Å². The van der Waals surface area contributed by atoms with E-state index in [1.807, 2.05) is 0 Å². The Hall–Kier alpha value is -5.45. The fourth-order valence-corrected chi connectivity index (χ4v) is 8.21. The zero-order chi connectivity index (χ0) is 39.9. The number of carbonyl (C=O) groups excluding carboxylic acids is 3. The van der Waals surface area contributed by atoms with E-state index in [4.69, 9.17) is 4.74 Å². The molecule has 4 amide bonds. The van der Waals surface area contributed by atoms with Crippen LogP contribution in [-0.4, -0.2) is 99.7 Å². The first kappa shape index (κ1) is 38.8. The summed E-state index contributed by atoms with van der Waals surface area (Å²) >= 11 is 0. The average molecular weight is 781 g/mol. The number of fused-ring (bicyclic) bond motifs is 1. The molecule has 56 heavy (non-hydrogen) atoms. The molecule has 298 valence electrons. The Morgan fingerprint density at radius 2 is 1.77 bits per heavy atom. The van der Waals surface area contributed by atoms with Gasteiger partial charge < -0.3 is 24.4 Å². The number of ether oxygens (including phenoxy) is 1. The molecule has 3 N–H and O–H groups in total. The number of halogens is 4. The summed E-state index contributed by atoms with van der Waals surface area (Å²) in [6.45, 7) is 2.14. The van der Waals surface area contributed by atoms with Gasteiger partial charge in [-0.15, -0.1) is 0 Å². The van der Waals surface area contributed by atoms with E-state index >= 15 is 4.39 Å². The number of urea groups is 1. The van der Waals surface area contributed by atoms with Crippen LogP contribution in [0.1, 0.15) is 61.1 Å². The number of nitrogens with one attached hydrogen (secondary N) is 3. The van der Waals surface area contributed by atoms with Crippen LogP contribution < -0.4 is 20.9 Å². The van der Waals surface area contributed by atoms with Crippen LogP contribution in [0.25, 0.3) is 22.0 Å². The SMILES string of the molecule is COc1cc(-c2cn(C)c(=O)c3[nH]ncc23)cc(F)c1CN1CCC(N(C)C(=O)N2CCC(c3ccc(NC4CCC(=O)NC4=O)cc3C(F)(F)F)CC2)CC1. The summed E-state index contributed by atoms with van der Waals surface area (Å²) in [5, 5.41) is 12.3. The predicted octanol–water partition coefficient (Wildman–Crippen LogP) is 5.21. The van der Waals surface area contributed by atoms with Gasteiger partial charge in [-0.1, -0.05) is 6.07 Å². The normalized spacial score (nSPS) is 19.0. The fourth-order valence-electron chi connectivity index (χ4n) is 8.21. The number of amides is 4. The van der Waals surface area contributed by atoms with Crippen LogP contribution in [0.5, 0.6) is 5.75 Å². The zero-order valence-corrected chi connectivity index (χ0v) is 31.3. The molecular weight excluding hydrogens is 736 g/mol. The number of pyridine rings is 1. The highest BCUT2D eigenvalue weighted by Gasteiger charge is 2.38. The summed E-state index contributed by atoms with van der Waals surface area (Å²) in [6.07, 6.45) is 0.896. The average Bonchev–Trinajstić information content (AvgIpc) is 3.68. The Morgan fingerprint density at radius 1 is 1.04 bits per heavy atom. The lowest BCUT2D eigenvalue weighted by molar-refractivity contribution is -0.138. The maximum absolute atomic E-state index is 15.8. The second kappa shape index (κ2) is 15.6. The molecule has 0 aliphatic carbocycles. The monoisotopic (exact) mass is 780 g/mol. The van der Waals surface area contributed by atoms with Crippen molar-refractivity contribution in [1.29, 1.82) is 0 Å². The van der Waals surface area contributed by atoms with Crippen LogP contribution in [0.4, 0.5) is 28.0 Å². The number of alkyl halides is 3. The molecule has 3 aliphatic rings. The summed E-state index contributed by atoms with van der Waals surface area (Å²) in [5.74, 6) is -1.45. The van der Waals surface area contributed by atoms with Crippen LogP contribution in [0, 0.1) is 5.82 Å². The molecule has 3 aliphatic heterocycles. The number of piperidine rings is 3. The number of anilines is 1. The number of rotatable bonds is 8. The van der Waals surface area contributed by atoms with Crippen molar-refractivity contribution in [2.24, 2.45) is 7.05 Å². The maximum Gasteiger partial charge on any atom is 0.416 e. The highest BCUT2D eigenvalue weighted by molar-refractivity contribution is 6.01. The van der Waals surface area contributed by atoms with Gasteiger partial charge in [0.05, 0.1) is 18.9 Å². The van der Waals surface area contributed by atoms with Crippen LogP contribution >= 0.6 is 0 Å². The molecule has 17 heteroatoms. The first-order valence-corrected chi connectivity index (χ1v) is 18.7.